The van der Waals surface area contributed by atoms with Crippen molar-refractivity contribution < 1.29 is 24.5 Å². The van der Waals surface area contributed by atoms with Gasteiger partial charge in [0, 0.05) is 12.1 Å². The summed E-state index contributed by atoms with van der Waals surface area (Å²) in [6, 6.07) is 15.6. The van der Waals surface area contributed by atoms with E-state index in [9.17, 15) is 19.8 Å². The fraction of sp³-hybridized carbons (Fsp3) is 0.263. The predicted molar refractivity (Wildman–Crippen MR) is 92.0 cm³/mol. The Morgan fingerprint density at radius 3 is 2.40 bits per heavy atom. The van der Waals surface area contributed by atoms with Gasteiger partial charge in [-0.3, -0.25) is 4.79 Å². The van der Waals surface area contributed by atoms with Crippen molar-refractivity contribution in [1.29, 1.82) is 0 Å². The van der Waals surface area contributed by atoms with E-state index in [0.717, 1.165) is 5.56 Å². The minimum atomic E-state index is -1.09. The van der Waals surface area contributed by atoms with Crippen molar-refractivity contribution in [1.82, 2.24) is 5.32 Å². The van der Waals surface area contributed by atoms with E-state index in [1.54, 1.807) is 24.3 Å². The van der Waals surface area contributed by atoms with Crippen molar-refractivity contribution in [3.8, 4) is 0 Å². The van der Waals surface area contributed by atoms with Gasteiger partial charge in [-0.25, -0.2) is 4.79 Å². The monoisotopic (exact) mass is 343 g/mol. The van der Waals surface area contributed by atoms with Crippen LogP contribution in [0.25, 0.3) is 0 Å². The summed E-state index contributed by atoms with van der Waals surface area (Å²) in [5, 5.41) is 22.6. The van der Waals surface area contributed by atoms with Gasteiger partial charge in [0.2, 0.25) is 0 Å². The fourth-order valence-corrected chi connectivity index (χ4v) is 2.25. The molecule has 0 aliphatic rings. The van der Waals surface area contributed by atoms with E-state index >= 15 is 0 Å². The van der Waals surface area contributed by atoms with E-state index in [1.807, 2.05) is 30.3 Å². The second kappa shape index (κ2) is 9.56. The first-order valence-corrected chi connectivity index (χ1v) is 7.96. The highest BCUT2D eigenvalue weighted by Crippen LogP contribution is 2.19. The molecule has 2 unspecified atom stereocenters. The van der Waals surface area contributed by atoms with Crippen molar-refractivity contribution in [2.75, 3.05) is 6.54 Å². The van der Waals surface area contributed by atoms with Crippen LogP contribution in [-0.4, -0.2) is 35.2 Å². The van der Waals surface area contributed by atoms with Crippen LogP contribution in [0.2, 0.25) is 0 Å². The summed E-state index contributed by atoms with van der Waals surface area (Å²) in [6.07, 6.45) is -1.85. The number of hydrogen-bond donors (Lipinski definition) is 3. The maximum Gasteiger partial charge on any atom is 0.407 e. The number of ether oxygens (including phenoxy) is 1. The number of alkyl carbamates (subject to hydrolysis) is 1. The molecular formula is C19H21NO5. The zero-order valence-electron chi connectivity index (χ0n) is 13.7. The summed E-state index contributed by atoms with van der Waals surface area (Å²) in [4.78, 5) is 22.2. The van der Waals surface area contributed by atoms with Crippen LogP contribution < -0.4 is 5.32 Å². The Balaban J connectivity index is 1.70. The first-order valence-electron chi connectivity index (χ1n) is 7.96. The summed E-state index contributed by atoms with van der Waals surface area (Å²) < 4.78 is 5.05. The summed E-state index contributed by atoms with van der Waals surface area (Å²) >= 11 is 0. The molecule has 3 N–H and O–H groups in total. The maximum atomic E-state index is 11.6. The third-order valence-corrected chi connectivity index (χ3v) is 3.70. The summed E-state index contributed by atoms with van der Waals surface area (Å²) in [6.45, 7) is 0.333. The molecule has 6 heteroatoms. The Kier molecular flexibility index (Phi) is 7.13. The second-order valence-electron chi connectivity index (χ2n) is 5.57. The molecule has 0 spiro atoms. The molecule has 132 valence electrons. The van der Waals surface area contributed by atoms with Gasteiger partial charge in [-0.1, -0.05) is 54.6 Å². The molecule has 0 heterocycles. The number of aliphatic hydroxyl groups is 2. The number of hydrogen-bond acceptors (Lipinski definition) is 5. The molecule has 0 saturated carbocycles. The standard InChI is InChI=1S/C19H21NO5/c21-12-14-6-8-16(9-7-14)18(23)17(22)10-11-20-19(24)25-13-15-4-2-1-3-5-15/h1-9,12,17-18,22-23H,10-11,13H2,(H,20,24). The molecule has 2 atom stereocenters. The van der Waals surface area contributed by atoms with Crippen LogP contribution in [0.4, 0.5) is 4.79 Å². The molecule has 0 radical (unpaired) electrons. The molecule has 1 amide bonds. The highest BCUT2D eigenvalue weighted by Gasteiger charge is 2.18. The van der Waals surface area contributed by atoms with Crippen LogP contribution in [-0.2, 0) is 11.3 Å². The topological polar surface area (TPSA) is 95.9 Å². The van der Waals surface area contributed by atoms with Crippen LogP contribution in [0.15, 0.2) is 54.6 Å². The van der Waals surface area contributed by atoms with Crippen molar-refractivity contribution in [3.05, 3.63) is 71.3 Å². The van der Waals surface area contributed by atoms with E-state index in [4.69, 9.17) is 4.74 Å². The minimum Gasteiger partial charge on any atom is -0.445 e. The smallest absolute Gasteiger partial charge is 0.407 e. The maximum absolute atomic E-state index is 11.6. The summed E-state index contributed by atoms with van der Waals surface area (Å²) in [5.41, 5.74) is 1.88. The molecule has 0 aromatic heterocycles. The lowest BCUT2D eigenvalue weighted by molar-refractivity contribution is 0.0136. The number of benzene rings is 2. The third kappa shape index (κ3) is 6.02. The lowest BCUT2D eigenvalue weighted by Gasteiger charge is -2.18. The van der Waals surface area contributed by atoms with Crippen molar-refractivity contribution in [3.63, 3.8) is 0 Å². The minimum absolute atomic E-state index is 0.164. The lowest BCUT2D eigenvalue weighted by atomic mass is 10.0. The van der Waals surface area contributed by atoms with E-state index < -0.39 is 18.3 Å². The second-order valence-corrected chi connectivity index (χ2v) is 5.57. The van der Waals surface area contributed by atoms with E-state index in [-0.39, 0.29) is 19.6 Å². The summed E-state index contributed by atoms with van der Waals surface area (Å²) in [7, 11) is 0. The molecule has 0 bridgehead atoms. The molecule has 2 rings (SSSR count). The number of aldehydes is 1. The number of carbonyl (C=O) groups is 2. The predicted octanol–water partition coefficient (Wildman–Crippen LogP) is 2.21. The molecule has 0 saturated heterocycles. The van der Waals surface area contributed by atoms with E-state index in [1.165, 1.54) is 0 Å². The Morgan fingerprint density at radius 2 is 1.76 bits per heavy atom. The van der Waals surface area contributed by atoms with Crippen LogP contribution in [0.3, 0.4) is 0 Å². The van der Waals surface area contributed by atoms with Crippen molar-refractivity contribution in [2.24, 2.45) is 0 Å². The van der Waals surface area contributed by atoms with Gasteiger partial charge in [-0.2, -0.15) is 0 Å². The Labute approximate surface area is 146 Å². The number of nitrogens with one attached hydrogen (secondary N) is 1. The van der Waals surface area contributed by atoms with Crippen molar-refractivity contribution in [2.45, 2.75) is 25.2 Å². The molecule has 6 nitrogen and oxygen atoms in total. The van der Waals surface area contributed by atoms with Gasteiger partial charge in [0.1, 0.15) is 19.0 Å². The Morgan fingerprint density at radius 1 is 1.08 bits per heavy atom. The zero-order chi connectivity index (χ0) is 18.1. The largest absolute Gasteiger partial charge is 0.445 e. The van der Waals surface area contributed by atoms with Gasteiger partial charge in [0.15, 0.2) is 0 Å². The van der Waals surface area contributed by atoms with Crippen LogP contribution in [0.5, 0.6) is 0 Å². The fourth-order valence-electron chi connectivity index (χ4n) is 2.25. The van der Waals surface area contributed by atoms with Gasteiger partial charge < -0.3 is 20.3 Å². The van der Waals surface area contributed by atoms with E-state index in [0.29, 0.717) is 17.4 Å². The van der Waals surface area contributed by atoms with Gasteiger partial charge in [0.05, 0.1) is 6.10 Å². The lowest BCUT2D eigenvalue weighted by Crippen LogP contribution is -2.29. The normalized spacial score (nSPS) is 12.9. The Hall–Kier alpha value is -2.70. The SMILES string of the molecule is O=Cc1ccc(C(O)C(O)CCNC(=O)OCc2ccccc2)cc1. The highest BCUT2D eigenvalue weighted by atomic mass is 16.5. The van der Waals surface area contributed by atoms with Gasteiger partial charge in [0.25, 0.3) is 0 Å². The third-order valence-electron chi connectivity index (χ3n) is 3.70. The molecule has 2 aromatic carbocycles. The van der Waals surface area contributed by atoms with Crippen molar-refractivity contribution >= 4 is 12.4 Å². The van der Waals surface area contributed by atoms with E-state index in [2.05, 4.69) is 5.32 Å². The molecule has 25 heavy (non-hydrogen) atoms. The molecule has 2 aromatic rings. The summed E-state index contributed by atoms with van der Waals surface area (Å²) in [5.74, 6) is 0. The number of rotatable bonds is 8. The molecular weight excluding hydrogens is 322 g/mol. The molecule has 0 aliphatic carbocycles. The highest BCUT2D eigenvalue weighted by molar-refractivity contribution is 5.74. The zero-order valence-corrected chi connectivity index (χ0v) is 13.7. The molecule has 0 aliphatic heterocycles. The first kappa shape index (κ1) is 18.6. The number of carbonyl (C=O) groups excluding carboxylic acids is 2. The van der Waals surface area contributed by atoms with Gasteiger partial charge in [-0.05, 0) is 17.5 Å². The van der Waals surface area contributed by atoms with Crippen LogP contribution >= 0.6 is 0 Å². The average molecular weight is 343 g/mol. The van der Waals surface area contributed by atoms with Crippen LogP contribution in [0.1, 0.15) is 34.0 Å². The number of aliphatic hydroxyl groups excluding tert-OH is 2. The average Bonchev–Trinajstić information content (AvgIpc) is 2.66. The number of amides is 1. The molecule has 0 fully saturated rings. The Bertz CT molecular complexity index is 672. The quantitative estimate of drug-likeness (QED) is 0.639. The first-order chi connectivity index (χ1) is 12.1. The van der Waals surface area contributed by atoms with Gasteiger partial charge >= 0.3 is 6.09 Å². The van der Waals surface area contributed by atoms with Gasteiger partial charge in [-0.15, -0.1) is 0 Å². The van der Waals surface area contributed by atoms with Crippen LogP contribution in [0, 0.1) is 0 Å².